The molecule has 3 aromatic rings. The van der Waals surface area contributed by atoms with Crippen molar-refractivity contribution in [3.05, 3.63) is 77.9 Å². The van der Waals surface area contributed by atoms with E-state index in [0.717, 1.165) is 16.3 Å². The van der Waals surface area contributed by atoms with Crippen molar-refractivity contribution in [2.24, 2.45) is 0 Å². The zero-order valence-corrected chi connectivity index (χ0v) is 16.4. The van der Waals surface area contributed by atoms with Crippen LogP contribution in [0.2, 0.25) is 0 Å². The number of rotatable bonds is 4. The smallest absolute Gasteiger partial charge is 0.251 e. The lowest BCUT2D eigenvalue weighted by molar-refractivity contribution is 0.0940. The van der Waals surface area contributed by atoms with Gasteiger partial charge in [0.25, 0.3) is 5.91 Å². The fraction of sp³-hybridized carbons (Fsp3) is 0.227. The molecule has 0 radical (unpaired) electrons. The molecule has 1 saturated heterocycles. The normalized spacial score (nSPS) is 16.8. The van der Waals surface area contributed by atoms with Crippen LogP contribution in [-0.2, 0) is 10.0 Å². The van der Waals surface area contributed by atoms with Crippen molar-refractivity contribution in [1.29, 1.82) is 0 Å². The minimum atomic E-state index is -3.27. The van der Waals surface area contributed by atoms with Crippen LogP contribution < -0.4 is 9.62 Å². The zero-order chi connectivity index (χ0) is 19.7. The first-order chi connectivity index (χ1) is 13.4. The number of anilines is 1. The van der Waals surface area contributed by atoms with E-state index in [0.29, 0.717) is 24.2 Å². The Kier molecular flexibility index (Phi) is 4.81. The van der Waals surface area contributed by atoms with Crippen molar-refractivity contribution in [2.45, 2.75) is 19.4 Å². The van der Waals surface area contributed by atoms with Crippen LogP contribution >= 0.6 is 0 Å². The minimum absolute atomic E-state index is 0.155. The van der Waals surface area contributed by atoms with Gasteiger partial charge in [0.2, 0.25) is 10.0 Å². The maximum Gasteiger partial charge on any atom is 0.251 e. The van der Waals surface area contributed by atoms with Crippen molar-refractivity contribution in [3.8, 4) is 0 Å². The second-order valence-corrected chi connectivity index (χ2v) is 9.11. The fourth-order valence-corrected chi connectivity index (χ4v) is 5.13. The van der Waals surface area contributed by atoms with Gasteiger partial charge in [-0.2, -0.15) is 0 Å². The number of hydrogen-bond donors (Lipinski definition) is 1. The number of benzene rings is 3. The predicted molar refractivity (Wildman–Crippen MR) is 112 cm³/mol. The van der Waals surface area contributed by atoms with Gasteiger partial charge in [0.05, 0.1) is 17.5 Å². The van der Waals surface area contributed by atoms with Crippen LogP contribution in [0.5, 0.6) is 0 Å². The minimum Gasteiger partial charge on any atom is -0.346 e. The summed E-state index contributed by atoms with van der Waals surface area (Å²) in [7, 11) is -3.27. The molecule has 1 heterocycles. The van der Waals surface area contributed by atoms with Crippen molar-refractivity contribution < 1.29 is 13.2 Å². The van der Waals surface area contributed by atoms with Gasteiger partial charge in [-0.3, -0.25) is 9.10 Å². The fourth-order valence-electron chi connectivity index (χ4n) is 3.57. The average Bonchev–Trinajstić information content (AvgIpc) is 3.06. The van der Waals surface area contributed by atoms with Gasteiger partial charge in [-0.15, -0.1) is 0 Å². The maximum atomic E-state index is 12.7. The van der Waals surface area contributed by atoms with E-state index in [1.165, 1.54) is 4.31 Å². The van der Waals surface area contributed by atoms with E-state index in [9.17, 15) is 13.2 Å². The Morgan fingerprint density at radius 3 is 2.54 bits per heavy atom. The Balaban J connectivity index is 1.53. The number of hydrogen-bond acceptors (Lipinski definition) is 3. The number of amides is 1. The van der Waals surface area contributed by atoms with Gasteiger partial charge in [-0.25, -0.2) is 8.42 Å². The summed E-state index contributed by atoms with van der Waals surface area (Å²) in [6.45, 7) is 2.40. The molecule has 1 amide bonds. The zero-order valence-electron chi connectivity index (χ0n) is 15.6. The molecule has 0 aromatic heterocycles. The molecule has 6 heteroatoms. The third-order valence-corrected chi connectivity index (χ3v) is 6.99. The highest BCUT2D eigenvalue weighted by molar-refractivity contribution is 7.93. The lowest BCUT2D eigenvalue weighted by Crippen LogP contribution is -2.28. The summed E-state index contributed by atoms with van der Waals surface area (Å²) in [5, 5.41) is 5.29. The molecule has 0 bridgehead atoms. The number of nitrogens with zero attached hydrogens (tertiary/aromatic N) is 1. The third-order valence-electron chi connectivity index (χ3n) is 5.12. The van der Waals surface area contributed by atoms with Crippen LogP contribution in [0.25, 0.3) is 10.8 Å². The number of nitrogens with one attached hydrogen (secondary N) is 1. The molecule has 1 aliphatic rings. The molecule has 1 aliphatic heterocycles. The Morgan fingerprint density at radius 2 is 1.79 bits per heavy atom. The highest BCUT2D eigenvalue weighted by atomic mass is 32.2. The first-order valence-corrected chi connectivity index (χ1v) is 10.9. The summed E-state index contributed by atoms with van der Waals surface area (Å²) >= 11 is 0. The Bertz CT molecular complexity index is 1140. The molecule has 0 spiro atoms. The number of fused-ring (bicyclic) bond motifs is 1. The van der Waals surface area contributed by atoms with E-state index < -0.39 is 10.0 Å². The molecule has 28 heavy (non-hydrogen) atoms. The van der Waals surface area contributed by atoms with Crippen LogP contribution in [0, 0.1) is 0 Å². The molecule has 5 nitrogen and oxygen atoms in total. The van der Waals surface area contributed by atoms with E-state index >= 15 is 0 Å². The third kappa shape index (κ3) is 3.60. The lowest BCUT2D eigenvalue weighted by atomic mass is 10.0. The predicted octanol–water partition coefficient (Wildman–Crippen LogP) is 3.87. The molecule has 4 rings (SSSR count). The van der Waals surface area contributed by atoms with Crippen molar-refractivity contribution in [1.82, 2.24) is 5.32 Å². The summed E-state index contributed by atoms with van der Waals surface area (Å²) in [5.41, 5.74) is 2.01. The van der Waals surface area contributed by atoms with Crippen molar-refractivity contribution >= 4 is 32.4 Å². The van der Waals surface area contributed by atoms with Gasteiger partial charge in [-0.05, 0) is 53.9 Å². The number of sulfonamides is 1. The average molecular weight is 394 g/mol. The van der Waals surface area contributed by atoms with Gasteiger partial charge in [-0.1, -0.05) is 42.5 Å². The topological polar surface area (TPSA) is 66.5 Å². The van der Waals surface area contributed by atoms with Crippen molar-refractivity contribution in [3.63, 3.8) is 0 Å². The summed E-state index contributed by atoms with van der Waals surface area (Å²) in [4.78, 5) is 12.7. The van der Waals surface area contributed by atoms with E-state index in [1.807, 2.05) is 37.3 Å². The molecule has 1 fully saturated rings. The van der Waals surface area contributed by atoms with Gasteiger partial charge >= 0.3 is 0 Å². The number of carbonyl (C=O) groups is 1. The molecule has 1 N–H and O–H groups in total. The molecule has 3 aromatic carbocycles. The molecule has 0 saturated carbocycles. The maximum absolute atomic E-state index is 12.7. The van der Waals surface area contributed by atoms with Gasteiger partial charge in [0.1, 0.15) is 0 Å². The summed E-state index contributed by atoms with van der Waals surface area (Å²) < 4.78 is 25.7. The second-order valence-electron chi connectivity index (χ2n) is 7.09. The Labute approximate surface area is 165 Å². The van der Waals surface area contributed by atoms with E-state index in [-0.39, 0.29) is 17.7 Å². The van der Waals surface area contributed by atoms with Gasteiger partial charge in [0.15, 0.2) is 0 Å². The molecule has 1 atom stereocenters. The highest BCUT2D eigenvalue weighted by Crippen LogP contribution is 2.25. The highest BCUT2D eigenvalue weighted by Gasteiger charge is 2.28. The van der Waals surface area contributed by atoms with Crippen LogP contribution in [0.1, 0.15) is 35.3 Å². The first-order valence-electron chi connectivity index (χ1n) is 9.34. The quantitative estimate of drug-likeness (QED) is 0.730. The monoisotopic (exact) mass is 394 g/mol. The molecular weight excluding hydrogens is 372 g/mol. The second kappa shape index (κ2) is 7.28. The largest absolute Gasteiger partial charge is 0.346 e. The summed E-state index contributed by atoms with van der Waals surface area (Å²) in [5.74, 6) is -0.0679. The van der Waals surface area contributed by atoms with Crippen LogP contribution in [0.15, 0.2) is 66.7 Å². The van der Waals surface area contributed by atoms with Crippen molar-refractivity contribution in [2.75, 3.05) is 16.6 Å². The summed E-state index contributed by atoms with van der Waals surface area (Å²) in [6, 6.07) is 20.9. The van der Waals surface area contributed by atoms with Gasteiger partial charge < -0.3 is 5.32 Å². The summed E-state index contributed by atoms with van der Waals surface area (Å²) in [6.07, 6.45) is 0.609. The molecule has 144 valence electrons. The van der Waals surface area contributed by atoms with E-state index in [2.05, 4.69) is 17.4 Å². The van der Waals surface area contributed by atoms with Gasteiger partial charge in [0, 0.05) is 12.1 Å². The SMILES string of the molecule is CC(NC(=O)c1cccc(N2CCCS2(=O)=O)c1)c1ccc2ccccc2c1. The van der Waals surface area contributed by atoms with Crippen LogP contribution in [0.4, 0.5) is 5.69 Å². The Morgan fingerprint density at radius 1 is 1.00 bits per heavy atom. The standard InChI is InChI=1S/C22H22N2O3S/c1-16(18-11-10-17-6-2-3-7-19(17)14-18)23-22(25)20-8-4-9-21(15-20)24-12-5-13-28(24,26)27/h2-4,6-11,14-16H,5,12-13H2,1H3,(H,23,25). The Hall–Kier alpha value is -2.86. The molecule has 0 aliphatic carbocycles. The van der Waals surface area contributed by atoms with Crippen LogP contribution in [-0.4, -0.2) is 26.6 Å². The van der Waals surface area contributed by atoms with Crippen LogP contribution in [0.3, 0.4) is 0 Å². The molecule has 1 unspecified atom stereocenters. The first kappa shape index (κ1) is 18.5. The number of carbonyl (C=O) groups excluding carboxylic acids is 1. The van der Waals surface area contributed by atoms with E-state index in [1.54, 1.807) is 24.3 Å². The molecular formula is C22H22N2O3S. The lowest BCUT2D eigenvalue weighted by Gasteiger charge is -2.19. The van der Waals surface area contributed by atoms with E-state index in [4.69, 9.17) is 0 Å².